The van der Waals surface area contributed by atoms with Crippen LogP contribution in [-0.2, 0) is 0 Å². The molecule has 0 unspecified atom stereocenters. The number of aromatic nitrogens is 1. The lowest BCUT2D eigenvalue weighted by Gasteiger charge is -2.18. The van der Waals surface area contributed by atoms with E-state index in [4.69, 9.17) is 0 Å². The van der Waals surface area contributed by atoms with Crippen molar-refractivity contribution >= 4 is 5.78 Å². The molecule has 1 atom stereocenters. The summed E-state index contributed by atoms with van der Waals surface area (Å²) in [6, 6.07) is 15.2. The minimum Gasteiger partial charge on any atom is -0.309 e. The molecule has 2 rings (SSSR count). The van der Waals surface area contributed by atoms with Gasteiger partial charge in [0.2, 0.25) is 0 Å². The summed E-state index contributed by atoms with van der Waals surface area (Å²) in [6.45, 7) is 0.861. The molecule has 1 aromatic carbocycles. The Hall–Kier alpha value is -2.00. The quantitative estimate of drug-likeness (QED) is 0.755. The molecule has 0 aliphatic rings. The van der Waals surface area contributed by atoms with E-state index >= 15 is 0 Å². The van der Waals surface area contributed by atoms with Crippen LogP contribution in [0.3, 0.4) is 0 Å². The topological polar surface area (TPSA) is 33.2 Å². The zero-order chi connectivity index (χ0) is 14.4. The van der Waals surface area contributed by atoms with Gasteiger partial charge in [-0.1, -0.05) is 36.4 Å². The average Bonchev–Trinajstić information content (AvgIpc) is 2.49. The van der Waals surface area contributed by atoms with Crippen molar-refractivity contribution in [2.24, 2.45) is 0 Å². The van der Waals surface area contributed by atoms with Crippen molar-refractivity contribution < 1.29 is 4.79 Å². The van der Waals surface area contributed by atoms with Gasteiger partial charge in [-0.15, -0.1) is 0 Å². The molecule has 1 heterocycles. The molecule has 0 amide bonds. The summed E-state index contributed by atoms with van der Waals surface area (Å²) in [5, 5.41) is 0. The number of carbonyl (C=O) groups is 1. The maximum atomic E-state index is 12.7. The molecule has 0 bridgehead atoms. The fraction of sp³-hybridized carbons (Fsp3) is 0.294. The van der Waals surface area contributed by atoms with E-state index in [0.717, 1.165) is 24.2 Å². The van der Waals surface area contributed by atoms with Gasteiger partial charge in [0, 0.05) is 11.8 Å². The Morgan fingerprint density at radius 3 is 2.40 bits per heavy atom. The molecule has 0 radical (unpaired) electrons. The molecule has 1 aromatic heterocycles. The van der Waals surface area contributed by atoms with Crippen molar-refractivity contribution in [3.8, 4) is 0 Å². The van der Waals surface area contributed by atoms with Gasteiger partial charge in [-0.25, -0.2) is 0 Å². The van der Waals surface area contributed by atoms with Crippen molar-refractivity contribution in [1.82, 2.24) is 9.88 Å². The van der Waals surface area contributed by atoms with E-state index in [2.05, 4.69) is 9.88 Å². The number of Topliss-reactive ketones (excluding diaryl/α,β-unsaturated/α-hetero) is 1. The molecule has 3 heteroatoms. The maximum absolute atomic E-state index is 12.7. The SMILES string of the molecule is CN(C)CC[C@@H](C(=O)c1ccccc1)c1ccccn1. The van der Waals surface area contributed by atoms with Crippen LogP contribution in [0.2, 0.25) is 0 Å². The van der Waals surface area contributed by atoms with E-state index in [0.29, 0.717) is 0 Å². The molecule has 0 aliphatic heterocycles. The summed E-state index contributed by atoms with van der Waals surface area (Å²) in [7, 11) is 4.03. The number of carbonyl (C=O) groups excluding carboxylic acids is 1. The Morgan fingerprint density at radius 1 is 1.10 bits per heavy atom. The lowest BCUT2D eigenvalue weighted by atomic mass is 9.91. The fourth-order valence-electron chi connectivity index (χ4n) is 2.19. The minimum atomic E-state index is -0.180. The Balaban J connectivity index is 2.25. The van der Waals surface area contributed by atoms with Crippen LogP contribution in [0.5, 0.6) is 0 Å². The first-order valence-electron chi connectivity index (χ1n) is 6.83. The Bertz CT molecular complexity index is 537. The number of benzene rings is 1. The summed E-state index contributed by atoms with van der Waals surface area (Å²) in [4.78, 5) is 19.2. The van der Waals surface area contributed by atoms with Gasteiger partial charge in [0.1, 0.15) is 0 Å². The molecular formula is C17H20N2O. The maximum Gasteiger partial charge on any atom is 0.171 e. The Labute approximate surface area is 120 Å². The van der Waals surface area contributed by atoms with Gasteiger partial charge < -0.3 is 4.90 Å². The number of nitrogens with zero attached hydrogens (tertiary/aromatic N) is 2. The number of rotatable bonds is 6. The van der Waals surface area contributed by atoms with E-state index in [-0.39, 0.29) is 11.7 Å². The first kappa shape index (κ1) is 14.4. The normalized spacial score (nSPS) is 12.3. The van der Waals surface area contributed by atoms with E-state index in [9.17, 15) is 4.79 Å². The van der Waals surface area contributed by atoms with Crippen LogP contribution < -0.4 is 0 Å². The molecular weight excluding hydrogens is 248 g/mol. The number of hydrogen-bond acceptors (Lipinski definition) is 3. The van der Waals surface area contributed by atoms with E-state index in [1.54, 1.807) is 6.20 Å². The Kier molecular flexibility index (Phi) is 5.02. The summed E-state index contributed by atoms with van der Waals surface area (Å²) in [6.07, 6.45) is 2.52. The molecule has 0 saturated heterocycles. The van der Waals surface area contributed by atoms with Crippen molar-refractivity contribution in [1.29, 1.82) is 0 Å². The van der Waals surface area contributed by atoms with Crippen LogP contribution in [0.4, 0.5) is 0 Å². The van der Waals surface area contributed by atoms with Crippen LogP contribution in [0.15, 0.2) is 54.7 Å². The fourth-order valence-corrected chi connectivity index (χ4v) is 2.19. The summed E-state index contributed by atoms with van der Waals surface area (Å²) >= 11 is 0. The minimum absolute atomic E-state index is 0.145. The van der Waals surface area contributed by atoms with Gasteiger partial charge in [0.15, 0.2) is 5.78 Å². The Morgan fingerprint density at radius 2 is 1.80 bits per heavy atom. The van der Waals surface area contributed by atoms with Crippen LogP contribution in [0.1, 0.15) is 28.4 Å². The predicted octanol–water partition coefficient (Wildman–Crippen LogP) is 3.00. The molecule has 104 valence electrons. The lowest BCUT2D eigenvalue weighted by Crippen LogP contribution is -2.21. The molecule has 0 saturated carbocycles. The second kappa shape index (κ2) is 6.96. The van der Waals surface area contributed by atoms with Crippen molar-refractivity contribution in [3.63, 3.8) is 0 Å². The zero-order valence-corrected chi connectivity index (χ0v) is 12.0. The average molecular weight is 268 g/mol. The molecule has 20 heavy (non-hydrogen) atoms. The molecule has 3 nitrogen and oxygen atoms in total. The summed E-state index contributed by atoms with van der Waals surface area (Å²) in [5.41, 5.74) is 1.60. The second-order valence-electron chi connectivity index (χ2n) is 5.13. The molecule has 0 N–H and O–H groups in total. The van der Waals surface area contributed by atoms with Gasteiger partial charge in [-0.3, -0.25) is 9.78 Å². The van der Waals surface area contributed by atoms with Crippen LogP contribution >= 0.6 is 0 Å². The summed E-state index contributed by atoms with van der Waals surface area (Å²) < 4.78 is 0. The highest BCUT2D eigenvalue weighted by Crippen LogP contribution is 2.22. The van der Waals surface area contributed by atoms with Crippen molar-refractivity contribution in [3.05, 3.63) is 66.0 Å². The monoisotopic (exact) mass is 268 g/mol. The number of ketones is 1. The van der Waals surface area contributed by atoms with Crippen LogP contribution in [-0.4, -0.2) is 36.3 Å². The zero-order valence-electron chi connectivity index (χ0n) is 12.0. The van der Waals surface area contributed by atoms with Gasteiger partial charge >= 0.3 is 0 Å². The van der Waals surface area contributed by atoms with Crippen molar-refractivity contribution in [2.75, 3.05) is 20.6 Å². The number of hydrogen-bond donors (Lipinski definition) is 0. The van der Waals surface area contributed by atoms with Gasteiger partial charge in [0.05, 0.1) is 11.6 Å². The first-order chi connectivity index (χ1) is 9.68. The lowest BCUT2D eigenvalue weighted by molar-refractivity contribution is 0.0949. The van der Waals surface area contributed by atoms with E-state index < -0.39 is 0 Å². The first-order valence-corrected chi connectivity index (χ1v) is 6.83. The third-order valence-electron chi connectivity index (χ3n) is 3.28. The highest BCUT2D eigenvalue weighted by Gasteiger charge is 2.22. The van der Waals surface area contributed by atoms with E-state index in [1.165, 1.54) is 0 Å². The third-order valence-corrected chi connectivity index (χ3v) is 3.28. The largest absolute Gasteiger partial charge is 0.309 e. The standard InChI is InChI=1S/C17H20N2O/c1-19(2)13-11-15(16-10-6-7-12-18-16)17(20)14-8-4-3-5-9-14/h3-10,12,15H,11,13H2,1-2H3/t15-/m1/s1. The van der Waals surface area contributed by atoms with Gasteiger partial charge in [-0.05, 0) is 39.2 Å². The third kappa shape index (κ3) is 3.75. The van der Waals surface area contributed by atoms with E-state index in [1.807, 2.05) is 62.6 Å². The summed E-state index contributed by atoms with van der Waals surface area (Å²) in [5.74, 6) is -0.0350. The molecule has 0 aliphatic carbocycles. The van der Waals surface area contributed by atoms with Gasteiger partial charge in [0.25, 0.3) is 0 Å². The smallest absolute Gasteiger partial charge is 0.171 e. The van der Waals surface area contributed by atoms with Crippen LogP contribution in [0, 0.1) is 0 Å². The molecule has 0 spiro atoms. The highest BCUT2D eigenvalue weighted by atomic mass is 16.1. The molecule has 0 fully saturated rings. The van der Waals surface area contributed by atoms with Crippen molar-refractivity contribution in [2.45, 2.75) is 12.3 Å². The second-order valence-corrected chi connectivity index (χ2v) is 5.13. The van der Waals surface area contributed by atoms with Crippen LogP contribution in [0.25, 0.3) is 0 Å². The number of pyridine rings is 1. The van der Waals surface area contributed by atoms with Gasteiger partial charge in [-0.2, -0.15) is 0 Å². The highest BCUT2D eigenvalue weighted by molar-refractivity contribution is 6.00. The molecule has 2 aromatic rings. The predicted molar refractivity (Wildman–Crippen MR) is 80.9 cm³/mol.